The molecule has 2 aliphatic heterocycles. The molecule has 1 aromatic carbocycles. The Morgan fingerprint density at radius 3 is 2.61 bits per heavy atom. The first-order chi connectivity index (χ1) is 18.3. The lowest BCUT2D eigenvalue weighted by atomic mass is 9.98. The molecular formula is C27H25N5O5S. The number of aliphatic carboxylic acids is 1. The summed E-state index contributed by atoms with van der Waals surface area (Å²) in [4.78, 5) is 61.5. The van der Waals surface area contributed by atoms with Crippen molar-refractivity contribution in [2.75, 3.05) is 5.75 Å². The normalized spacial score (nSPS) is 19.4. The molecule has 0 spiro atoms. The van der Waals surface area contributed by atoms with Crippen molar-refractivity contribution in [3.05, 3.63) is 99.7 Å². The third kappa shape index (κ3) is 4.50. The van der Waals surface area contributed by atoms with Gasteiger partial charge in [0.2, 0.25) is 5.91 Å². The molecule has 2 aliphatic rings. The number of thioether (sulfide) groups is 1. The van der Waals surface area contributed by atoms with Gasteiger partial charge in [-0.2, -0.15) is 0 Å². The van der Waals surface area contributed by atoms with Crippen LogP contribution in [0.1, 0.15) is 24.1 Å². The number of aromatic amines is 1. The fourth-order valence-corrected chi connectivity index (χ4v) is 6.07. The molecule has 38 heavy (non-hydrogen) atoms. The molecule has 1 saturated heterocycles. The third-order valence-corrected chi connectivity index (χ3v) is 8.09. The molecule has 5 rings (SSSR count). The van der Waals surface area contributed by atoms with Gasteiger partial charge in [0.05, 0.1) is 6.54 Å². The van der Waals surface area contributed by atoms with Crippen LogP contribution in [-0.4, -0.2) is 59.8 Å². The summed E-state index contributed by atoms with van der Waals surface area (Å²) in [5.41, 5.74) is 8.55. The summed E-state index contributed by atoms with van der Waals surface area (Å²) in [7, 11) is 0. The van der Waals surface area contributed by atoms with Gasteiger partial charge < -0.3 is 20.7 Å². The zero-order chi connectivity index (χ0) is 27.0. The van der Waals surface area contributed by atoms with Crippen molar-refractivity contribution in [3.8, 4) is 11.3 Å². The Morgan fingerprint density at radius 2 is 1.95 bits per heavy atom. The molecule has 194 valence electrons. The number of pyridine rings is 2. The average Bonchev–Trinajstić information content (AvgIpc) is 2.93. The molecule has 2 aromatic heterocycles. The van der Waals surface area contributed by atoms with E-state index in [1.165, 1.54) is 21.6 Å². The number of hydrogen-bond donors (Lipinski definition) is 3. The number of aromatic nitrogens is 2. The van der Waals surface area contributed by atoms with Crippen LogP contribution in [0.15, 0.2) is 83.1 Å². The molecule has 3 atom stereocenters. The fraction of sp³-hybridized carbons (Fsp3) is 0.222. The number of carbonyl (C=O) groups is 3. The Kier molecular flexibility index (Phi) is 6.87. The van der Waals surface area contributed by atoms with Gasteiger partial charge in [-0.25, -0.2) is 4.79 Å². The second-order valence-corrected chi connectivity index (χ2v) is 10.2. The molecule has 0 saturated carbocycles. The summed E-state index contributed by atoms with van der Waals surface area (Å²) >= 11 is 1.38. The molecule has 3 aromatic rings. The number of carboxylic acid groups (broad SMARTS) is 1. The molecule has 0 radical (unpaired) electrons. The lowest BCUT2D eigenvalue weighted by Crippen LogP contribution is -2.71. The maximum atomic E-state index is 13.8. The van der Waals surface area contributed by atoms with Crippen LogP contribution in [0, 0.1) is 0 Å². The molecule has 4 N–H and O–H groups in total. The monoisotopic (exact) mass is 531 g/mol. The van der Waals surface area contributed by atoms with Crippen LogP contribution in [0.2, 0.25) is 0 Å². The second-order valence-electron chi connectivity index (χ2n) is 9.11. The van der Waals surface area contributed by atoms with E-state index in [-0.39, 0.29) is 17.8 Å². The van der Waals surface area contributed by atoms with Crippen molar-refractivity contribution in [1.29, 1.82) is 0 Å². The van der Waals surface area contributed by atoms with Crippen LogP contribution >= 0.6 is 11.8 Å². The van der Waals surface area contributed by atoms with E-state index < -0.39 is 40.8 Å². The number of benzene rings is 1. The van der Waals surface area contributed by atoms with Gasteiger partial charge in [-0.05, 0) is 42.3 Å². The Bertz CT molecular complexity index is 1490. The van der Waals surface area contributed by atoms with Crippen molar-refractivity contribution in [2.24, 2.45) is 5.73 Å². The molecule has 0 aliphatic carbocycles. The van der Waals surface area contributed by atoms with Crippen LogP contribution in [0.25, 0.3) is 11.3 Å². The summed E-state index contributed by atoms with van der Waals surface area (Å²) in [6.45, 7) is 1.50. The van der Waals surface area contributed by atoms with Gasteiger partial charge in [0.1, 0.15) is 23.2 Å². The third-order valence-electron chi connectivity index (χ3n) is 6.68. The number of carbonyl (C=O) groups excluding carboxylic acids is 2. The first kappa shape index (κ1) is 25.4. The lowest BCUT2D eigenvalue weighted by Gasteiger charge is -2.53. The molecule has 10 nitrogen and oxygen atoms in total. The van der Waals surface area contributed by atoms with Crippen LogP contribution in [-0.2, 0) is 20.9 Å². The minimum Gasteiger partial charge on any atom is -0.477 e. The van der Waals surface area contributed by atoms with Crippen LogP contribution in [0.4, 0.5) is 0 Å². The number of H-pyrrole nitrogens is 1. The largest absolute Gasteiger partial charge is 0.477 e. The highest BCUT2D eigenvalue weighted by Gasteiger charge is 2.57. The van der Waals surface area contributed by atoms with Crippen molar-refractivity contribution in [1.82, 2.24) is 19.8 Å². The summed E-state index contributed by atoms with van der Waals surface area (Å²) < 4.78 is 0. The summed E-state index contributed by atoms with van der Waals surface area (Å²) in [6, 6.07) is 13.6. The Morgan fingerprint density at radius 1 is 1.18 bits per heavy atom. The number of nitrogens with zero attached hydrogens (tertiary/aromatic N) is 3. The number of carboxylic acids is 1. The molecule has 0 unspecified atom stereocenters. The fourth-order valence-electron chi connectivity index (χ4n) is 4.71. The minimum absolute atomic E-state index is 0.0616. The summed E-state index contributed by atoms with van der Waals surface area (Å²) in [5.74, 6) is -1.84. The van der Waals surface area contributed by atoms with Crippen molar-refractivity contribution < 1.29 is 19.5 Å². The number of rotatable bonds is 7. The van der Waals surface area contributed by atoms with Gasteiger partial charge in [0.15, 0.2) is 0 Å². The molecule has 0 bridgehead atoms. The van der Waals surface area contributed by atoms with Gasteiger partial charge in [-0.1, -0.05) is 30.3 Å². The van der Waals surface area contributed by atoms with Crippen molar-refractivity contribution in [2.45, 2.75) is 30.9 Å². The van der Waals surface area contributed by atoms with E-state index in [1.807, 2.05) is 6.07 Å². The van der Waals surface area contributed by atoms with Crippen LogP contribution < -0.4 is 11.3 Å². The van der Waals surface area contributed by atoms with E-state index in [9.17, 15) is 24.3 Å². The quantitative estimate of drug-likeness (QED) is 0.393. The summed E-state index contributed by atoms with van der Waals surface area (Å²) in [5, 5.41) is 9.10. The first-order valence-corrected chi connectivity index (χ1v) is 12.9. The Hall–Kier alpha value is -4.22. The van der Waals surface area contributed by atoms with E-state index in [0.717, 1.165) is 5.56 Å². The summed E-state index contributed by atoms with van der Waals surface area (Å²) in [6.07, 6.45) is 3.25. The minimum atomic E-state index is -1.19. The molecular weight excluding hydrogens is 506 g/mol. The van der Waals surface area contributed by atoms with E-state index in [4.69, 9.17) is 5.73 Å². The van der Waals surface area contributed by atoms with Crippen molar-refractivity contribution in [3.63, 3.8) is 0 Å². The van der Waals surface area contributed by atoms with Gasteiger partial charge in [-0.3, -0.25) is 24.3 Å². The zero-order valence-electron chi connectivity index (χ0n) is 20.4. The van der Waals surface area contributed by atoms with Gasteiger partial charge in [0.25, 0.3) is 11.5 Å². The predicted octanol–water partition coefficient (Wildman–Crippen LogP) is 2.11. The maximum absolute atomic E-state index is 13.8. The number of hydrogen-bond acceptors (Lipinski definition) is 7. The van der Waals surface area contributed by atoms with E-state index in [2.05, 4.69) is 9.97 Å². The standard InChI is InChI=1S/C27H25N5O5S/c1-15-14-38-26-22(25(35)32(26)21(15)27(36)37)31(24(34)20(28)16-6-3-2-4-7-16)13-18-9-10-19(30-23(18)33)17-8-5-11-29-12-17/h2-12,20,22,26H,13-14,28H2,1H3,(H,30,33)(H,36,37)/t20-,22-,26-/m1/s1. The Balaban J connectivity index is 1.49. The van der Waals surface area contributed by atoms with E-state index in [1.54, 1.807) is 67.8 Å². The number of nitrogens with two attached hydrogens (primary N) is 1. The lowest BCUT2D eigenvalue weighted by molar-refractivity contribution is -0.161. The number of β-lactam (4-membered cyclic amide) rings is 1. The molecule has 11 heteroatoms. The van der Waals surface area contributed by atoms with E-state index in [0.29, 0.717) is 22.6 Å². The number of amides is 2. The zero-order valence-corrected chi connectivity index (χ0v) is 21.2. The van der Waals surface area contributed by atoms with E-state index >= 15 is 0 Å². The topological polar surface area (TPSA) is 150 Å². The highest BCUT2D eigenvalue weighted by atomic mass is 32.2. The van der Waals surface area contributed by atoms with Crippen LogP contribution in [0.5, 0.6) is 0 Å². The Labute approximate surface area is 222 Å². The van der Waals surface area contributed by atoms with Crippen molar-refractivity contribution >= 4 is 29.5 Å². The second kappa shape index (κ2) is 10.3. The van der Waals surface area contributed by atoms with Gasteiger partial charge in [-0.15, -0.1) is 11.8 Å². The smallest absolute Gasteiger partial charge is 0.352 e. The SMILES string of the molecule is CC1=C(C(=O)O)N2C(=O)[C@@H](N(Cc3ccc(-c4cccnc4)[nH]c3=O)C(=O)[C@H](N)c3ccccc3)[C@H]2SC1. The molecule has 4 heterocycles. The number of nitrogens with one attached hydrogen (secondary N) is 1. The molecule has 2 amide bonds. The predicted molar refractivity (Wildman–Crippen MR) is 141 cm³/mol. The maximum Gasteiger partial charge on any atom is 0.352 e. The number of fused-ring (bicyclic) bond motifs is 1. The highest BCUT2D eigenvalue weighted by Crippen LogP contribution is 2.43. The van der Waals surface area contributed by atoms with Gasteiger partial charge >= 0.3 is 5.97 Å². The van der Waals surface area contributed by atoms with Gasteiger partial charge in [0, 0.05) is 35.0 Å². The molecule has 1 fully saturated rings. The van der Waals surface area contributed by atoms with Crippen LogP contribution in [0.3, 0.4) is 0 Å². The first-order valence-electron chi connectivity index (χ1n) is 11.9. The average molecular weight is 532 g/mol. The highest BCUT2D eigenvalue weighted by molar-refractivity contribution is 8.00.